The fourth-order valence-corrected chi connectivity index (χ4v) is 7.23. The Hall–Kier alpha value is -5.12. The molecular weight excluding hydrogens is 652 g/mol. The van der Waals surface area contributed by atoms with Crippen LogP contribution >= 0.6 is 0 Å². The number of fused-ring (bicyclic) bond motifs is 4. The topological polar surface area (TPSA) is 109 Å². The minimum absolute atomic E-state index is 0.0654. The maximum absolute atomic E-state index is 10.2. The lowest BCUT2D eigenvalue weighted by Crippen LogP contribution is -2.29. The Morgan fingerprint density at radius 2 is 1.46 bits per heavy atom. The summed E-state index contributed by atoms with van der Waals surface area (Å²) in [5.41, 5.74) is 9.03. The van der Waals surface area contributed by atoms with Crippen LogP contribution in [0.25, 0.3) is 22.6 Å². The average molecular weight is 708 g/mol. The van der Waals surface area contributed by atoms with Crippen molar-refractivity contribution < 1.29 is 14.6 Å². The molecule has 0 radical (unpaired) electrons. The van der Waals surface area contributed by atoms with Gasteiger partial charge in [-0.2, -0.15) is 0 Å². The van der Waals surface area contributed by atoms with E-state index in [-0.39, 0.29) is 11.4 Å². The predicted molar refractivity (Wildman–Crippen MR) is 215 cm³/mol. The van der Waals surface area contributed by atoms with Crippen molar-refractivity contribution in [1.82, 2.24) is 9.56 Å². The Kier molecular flexibility index (Phi) is 13.1. The van der Waals surface area contributed by atoms with Crippen LogP contribution in [0.4, 0.5) is 22.7 Å². The molecule has 0 fully saturated rings. The van der Waals surface area contributed by atoms with Crippen LogP contribution in [0.1, 0.15) is 65.5 Å². The molecule has 1 aliphatic carbocycles. The summed E-state index contributed by atoms with van der Waals surface area (Å²) in [6.07, 6.45) is 4.71. The van der Waals surface area contributed by atoms with Gasteiger partial charge in [-0.25, -0.2) is 9.56 Å². The van der Waals surface area contributed by atoms with Gasteiger partial charge in [-0.3, -0.25) is 0 Å². The number of nitrogens with zero attached hydrogens (tertiary/aromatic N) is 6. The first-order valence-corrected chi connectivity index (χ1v) is 19.0. The molecule has 3 aromatic rings. The van der Waals surface area contributed by atoms with Gasteiger partial charge < -0.3 is 29.3 Å². The highest BCUT2D eigenvalue weighted by atomic mass is 16.3. The number of aromatic nitrogens is 1. The summed E-state index contributed by atoms with van der Waals surface area (Å²) in [4.78, 5) is 21.9. The van der Waals surface area contributed by atoms with Gasteiger partial charge in [0.25, 0.3) is 0 Å². The highest BCUT2D eigenvalue weighted by molar-refractivity contribution is 5.82. The Labute approximate surface area is 308 Å². The molecule has 3 aromatic carbocycles. The molecule has 7 rings (SSSR count). The normalized spacial score (nSPS) is 13.3. The van der Waals surface area contributed by atoms with Crippen molar-refractivity contribution in [2.45, 2.75) is 67.2 Å². The molecule has 0 amide bonds. The van der Waals surface area contributed by atoms with Crippen LogP contribution in [0.3, 0.4) is 0 Å². The lowest BCUT2D eigenvalue weighted by molar-refractivity contribution is 0.474. The maximum atomic E-state index is 10.2. The summed E-state index contributed by atoms with van der Waals surface area (Å²) in [5.74, 6) is 1.17. The molecule has 276 valence electrons. The van der Waals surface area contributed by atoms with Crippen molar-refractivity contribution in [1.29, 1.82) is 0 Å². The van der Waals surface area contributed by atoms with Crippen LogP contribution in [-0.2, 0) is 12.8 Å². The van der Waals surface area contributed by atoms with E-state index in [4.69, 9.17) is 9.40 Å². The fourth-order valence-electron chi connectivity index (χ4n) is 7.23. The van der Waals surface area contributed by atoms with Crippen LogP contribution < -0.4 is 24.6 Å². The number of hydrogen-bond acceptors (Lipinski definition) is 9. The second kappa shape index (κ2) is 17.9. The highest BCUT2D eigenvalue weighted by Gasteiger charge is 2.19. The number of benzene rings is 4. The highest BCUT2D eigenvalue weighted by Crippen LogP contribution is 2.34. The van der Waals surface area contributed by atoms with E-state index in [9.17, 15) is 15.1 Å². The van der Waals surface area contributed by atoms with Gasteiger partial charge in [-0.15, -0.1) is 4.91 Å². The molecule has 10 heteroatoms. The van der Waals surface area contributed by atoms with Gasteiger partial charge in [0.2, 0.25) is 5.36 Å². The van der Waals surface area contributed by atoms with Crippen LogP contribution in [0.5, 0.6) is 11.5 Å². The molecule has 52 heavy (non-hydrogen) atoms. The molecule has 4 aliphatic rings. The van der Waals surface area contributed by atoms with E-state index >= 15 is 0 Å². The van der Waals surface area contributed by atoms with Gasteiger partial charge in [0, 0.05) is 80.6 Å². The van der Waals surface area contributed by atoms with Crippen molar-refractivity contribution in [3.8, 4) is 23.0 Å². The Morgan fingerprint density at radius 1 is 0.788 bits per heavy atom. The van der Waals surface area contributed by atoms with Gasteiger partial charge in [-0.05, 0) is 114 Å². The second-order valence-corrected chi connectivity index (χ2v) is 13.1. The molecule has 0 atom stereocenters. The Morgan fingerprint density at radius 3 is 2.08 bits per heavy atom. The largest absolute Gasteiger partial charge is 0.508 e. The van der Waals surface area contributed by atoms with E-state index in [1.165, 1.54) is 46.8 Å². The Balaban J connectivity index is 0.000000165. The zero-order chi connectivity index (χ0) is 37.2. The molecule has 10 nitrogen and oxygen atoms in total. The van der Waals surface area contributed by atoms with Crippen LogP contribution in [0, 0.1) is 4.91 Å². The van der Waals surface area contributed by atoms with E-state index in [1.54, 1.807) is 18.2 Å². The molecular formula is C42H55N6O4+. The maximum Gasteiger partial charge on any atom is 0.203 e. The summed E-state index contributed by atoms with van der Waals surface area (Å²) < 4.78 is 8.59. The van der Waals surface area contributed by atoms with Crippen LogP contribution in [-0.4, -0.2) is 67.6 Å². The number of anilines is 3. The van der Waals surface area contributed by atoms with E-state index in [0.29, 0.717) is 5.75 Å². The lowest BCUT2D eigenvalue weighted by atomic mass is 10.0. The monoisotopic (exact) mass is 707 g/mol. The van der Waals surface area contributed by atoms with Gasteiger partial charge in [0.1, 0.15) is 41.5 Å². The molecule has 0 aromatic heterocycles. The van der Waals surface area contributed by atoms with Crippen LogP contribution in [0.15, 0.2) is 76.3 Å². The molecule has 2 N–H and O–H groups in total. The first-order valence-electron chi connectivity index (χ1n) is 19.0. The SMILES string of the molecule is CCN(CC)c1ccc(N=O)c(O)c1.CCN1CCCc2cc3nc4ccc(=[N+](CC)CC)cc-4oc3cc21.CCN1CCCc2ccc(O)cc21. The number of rotatable bonds is 8. The number of aryl methyl sites for hydroxylation is 2. The van der Waals surface area contributed by atoms with Gasteiger partial charge in [0.15, 0.2) is 11.3 Å². The van der Waals surface area contributed by atoms with Crippen molar-refractivity contribution in [2.75, 3.05) is 67.1 Å². The van der Waals surface area contributed by atoms with Crippen molar-refractivity contribution in [2.24, 2.45) is 5.18 Å². The molecule has 0 saturated carbocycles. The minimum atomic E-state index is -0.0654. The number of aromatic hydroxyl groups is 2. The third-order valence-corrected chi connectivity index (χ3v) is 10.1. The minimum Gasteiger partial charge on any atom is -0.508 e. The third-order valence-electron chi connectivity index (χ3n) is 10.1. The third kappa shape index (κ3) is 8.66. The molecule has 3 aliphatic heterocycles. The van der Waals surface area contributed by atoms with Crippen molar-refractivity contribution in [3.05, 3.63) is 88.1 Å². The van der Waals surface area contributed by atoms with Gasteiger partial charge >= 0.3 is 0 Å². The number of phenols is 2. The standard InChI is InChI=1S/C21H26N3O.C11H15NO.C10H14N2O2/c1-4-23(5-2)16-9-10-17-20(13-16)25-21-14-19-15(12-18(21)22-17)8-7-11-24(19)6-3;1-2-12-7-3-4-9-5-6-10(13)8-11(9)12;1-3-12(4-2)8-5-6-9(11-14)10(13)7-8/h9-10,12-14H,4-8,11H2,1-3H3;5-6,8,13H,2-4,7H2,1H3;5-7,13H,3-4H2,1-2H3/q+1;;. The zero-order valence-electron chi connectivity index (χ0n) is 31.7. The first kappa shape index (κ1) is 38.1. The van der Waals surface area contributed by atoms with E-state index in [0.717, 1.165) is 93.4 Å². The number of phenolic OH excluding ortho intramolecular Hbond substituents is 2. The summed E-state index contributed by atoms with van der Waals surface area (Å²) in [7, 11) is 0. The second-order valence-electron chi connectivity index (χ2n) is 13.1. The summed E-state index contributed by atoms with van der Waals surface area (Å²) in [6.45, 7) is 20.8. The predicted octanol–water partition coefficient (Wildman–Crippen LogP) is 8.32. The number of hydrogen-bond donors (Lipinski definition) is 2. The van der Waals surface area contributed by atoms with Crippen molar-refractivity contribution in [3.63, 3.8) is 0 Å². The quantitative estimate of drug-likeness (QED) is 0.0942. The van der Waals surface area contributed by atoms with Crippen LogP contribution in [0.2, 0.25) is 0 Å². The van der Waals surface area contributed by atoms with Gasteiger partial charge in [-0.1, -0.05) is 6.07 Å². The molecule has 0 bridgehead atoms. The summed E-state index contributed by atoms with van der Waals surface area (Å²) in [5, 5.41) is 22.7. The average Bonchev–Trinajstić information content (AvgIpc) is 3.17. The fraction of sp³-hybridized carbons (Fsp3) is 0.429. The molecule has 0 spiro atoms. The smallest absolute Gasteiger partial charge is 0.203 e. The summed E-state index contributed by atoms with van der Waals surface area (Å²) >= 11 is 0. The van der Waals surface area contributed by atoms with Crippen molar-refractivity contribution >= 4 is 33.8 Å². The molecule has 0 saturated heterocycles. The zero-order valence-corrected chi connectivity index (χ0v) is 31.7. The van der Waals surface area contributed by atoms with E-state index in [1.807, 2.05) is 26.0 Å². The number of nitroso groups, excluding NO2 is 1. The Bertz CT molecular complexity index is 2000. The van der Waals surface area contributed by atoms with Gasteiger partial charge in [0.05, 0.1) is 6.07 Å². The lowest BCUT2D eigenvalue weighted by Gasteiger charge is -2.30. The van der Waals surface area contributed by atoms with E-state index in [2.05, 4.69) is 82.5 Å². The first-order chi connectivity index (χ1) is 25.3. The molecule has 0 unspecified atom stereocenters. The van der Waals surface area contributed by atoms with E-state index < -0.39 is 0 Å². The molecule has 3 heterocycles. The summed E-state index contributed by atoms with van der Waals surface area (Å²) in [6, 6.07) is 21.3.